The molecule has 1 heterocycles. The van der Waals surface area contributed by atoms with Gasteiger partial charge in [-0.05, 0) is 18.2 Å². The third-order valence-corrected chi connectivity index (χ3v) is 2.61. The number of benzene rings is 1. The maximum absolute atomic E-state index is 12.6. The Morgan fingerprint density at radius 2 is 2.00 bits per heavy atom. The molecule has 2 rings (SSSR count). The number of carbonyl (C=O) groups is 1. The predicted octanol–water partition coefficient (Wildman–Crippen LogP) is 3.54. The third-order valence-electron chi connectivity index (χ3n) is 2.28. The lowest BCUT2D eigenvalue weighted by Gasteiger charge is -2.08. The van der Waals surface area contributed by atoms with Crippen LogP contribution in [0.2, 0.25) is 5.02 Å². The highest BCUT2D eigenvalue weighted by atomic mass is 35.5. The molecule has 1 aromatic carbocycles. The van der Waals surface area contributed by atoms with Gasteiger partial charge in [-0.1, -0.05) is 11.6 Å². The minimum absolute atomic E-state index is 0.0406. The Bertz CT molecular complexity index is 603. The molecule has 0 atom stereocenters. The molecule has 0 bridgehead atoms. The maximum Gasteiger partial charge on any atom is 0.418 e. The van der Waals surface area contributed by atoms with E-state index in [0.717, 1.165) is 18.2 Å². The van der Waals surface area contributed by atoms with Crippen LogP contribution in [0.4, 0.5) is 13.2 Å². The number of hydrogen-bond donors (Lipinski definition) is 2. The monoisotopic (exact) mass is 263 g/mol. The average Bonchev–Trinajstić information content (AvgIpc) is 2.61. The number of fused-ring (bicyclic) bond motifs is 1. The van der Waals surface area contributed by atoms with Gasteiger partial charge >= 0.3 is 12.1 Å². The molecule has 0 aliphatic heterocycles. The van der Waals surface area contributed by atoms with Crippen molar-refractivity contribution in [1.82, 2.24) is 4.98 Å². The van der Waals surface area contributed by atoms with Gasteiger partial charge in [0, 0.05) is 10.4 Å². The number of aromatic amines is 1. The number of nitrogens with one attached hydrogen (secondary N) is 1. The number of H-pyrrole nitrogens is 1. The van der Waals surface area contributed by atoms with Crippen LogP contribution in [0.25, 0.3) is 10.9 Å². The molecule has 0 radical (unpaired) electrons. The Labute approximate surface area is 97.8 Å². The van der Waals surface area contributed by atoms with Crippen molar-refractivity contribution in [2.75, 3.05) is 0 Å². The summed E-state index contributed by atoms with van der Waals surface area (Å²) >= 11 is 5.72. The van der Waals surface area contributed by atoms with E-state index in [4.69, 9.17) is 16.7 Å². The molecule has 0 fully saturated rings. The van der Waals surface area contributed by atoms with Crippen LogP contribution in [0, 0.1) is 0 Å². The number of carboxylic acids is 1. The largest absolute Gasteiger partial charge is 0.477 e. The van der Waals surface area contributed by atoms with Crippen LogP contribution >= 0.6 is 11.6 Å². The fraction of sp³-hybridized carbons (Fsp3) is 0.100. The molecule has 7 heteroatoms. The second kappa shape index (κ2) is 3.66. The molecule has 0 saturated carbocycles. The minimum atomic E-state index is -4.57. The van der Waals surface area contributed by atoms with Crippen LogP contribution in [0.5, 0.6) is 0 Å². The van der Waals surface area contributed by atoms with E-state index >= 15 is 0 Å². The molecule has 90 valence electrons. The van der Waals surface area contributed by atoms with Crippen LogP contribution < -0.4 is 0 Å². The minimum Gasteiger partial charge on any atom is -0.477 e. The van der Waals surface area contributed by atoms with Crippen molar-refractivity contribution in [3.05, 3.63) is 34.5 Å². The van der Waals surface area contributed by atoms with Crippen molar-refractivity contribution in [3.63, 3.8) is 0 Å². The van der Waals surface area contributed by atoms with E-state index in [2.05, 4.69) is 4.98 Å². The zero-order valence-corrected chi connectivity index (χ0v) is 8.86. The van der Waals surface area contributed by atoms with Crippen LogP contribution in [0.15, 0.2) is 18.2 Å². The molecule has 0 unspecified atom stereocenters. The summed E-state index contributed by atoms with van der Waals surface area (Å²) < 4.78 is 37.9. The summed E-state index contributed by atoms with van der Waals surface area (Å²) in [7, 11) is 0. The Morgan fingerprint density at radius 3 is 2.53 bits per heavy atom. The molecule has 17 heavy (non-hydrogen) atoms. The quantitative estimate of drug-likeness (QED) is 0.827. The van der Waals surface area contributed by atoms with Crippen molar-refractivity contribution in [2.24, 2.45) is 0 Å². The van der Waals surface area contributed by atoms with Gasteiger partial charge in [0.05, 0.1) is 11.1 Å². The molecule has 3 nitrogen and oxygen atoms in total. The van der Waals surface area contributed by atoms with Crippen molar-refractivity contribution in [1.29, 1.82) is 0 Å². The van der Waals surface area contributed by atoms with Gasteiger partial charge in [0.15, 0.2) is 0 Å². The standard InChI is InChI=1S/C10H5ClF3NO2/c11-6-2-1-5(10(12,13)14)8-4(6)3-7(15-8)9(16)17/h1-3,15H,(H,16,17). The summed E-state index contributed by atoms with van der Waals surface area (Å²) in [6.07, 6.45) is -4.57. The highest BCUT2D eigenvalue weighted by molar-refractivity contribution is 6.35. The summed E-state index contributed by atoms with van der Waals surface area (Å²) in [6.45, 7) is 0. The first-order valence-electron chi connectivity index (χ1n) is 4.42. The van der Waals surface area contributed by atoms with E-state index in [0.29, 0.717) is 0 Å². The molecule has 1 aromatic heterocycles. The summed E-state index contributed by atoms with van der Waals surface area (Å²) in [5.74, 6) is -1.34. The Hall–Kier alpha value is -1.69. The maximum atomic E-state index is 12.6. The fourth-order valence-electron chi connectivity index (χ4n) is 1.54. The topological polar surface area (TPSA) is 53.1 Å². The first-order valence-corrected chi connectivity index (χ1v) is 4.80. The van der Waals surface area contributed by atoms with Gasteiger partial charge in [-0.15, -0.1) is 0 Å². The number of aromatic nitrogens is 1. The molecular weight excluding hydrogens is 259 g/mol. The summed E-state index contributed by atoms with van der Waals surface area (Å²) in [5.41, 5.74) is -1.59. The lowest BCUT2D eigenvalue weighted by molar-refractivity contribution is -0.136. The highest BCUT2D eigenvalue weighted by Gasteiger charge is 2.34. The number of carboxylic acid groups (broad SMARTS) is 1. The summed E-state index contributed by atoms with van der Waals surface area (Å²) in [5, 5.41) is 8.82. The van der Waals surface area contributed by atoms with E-state index in [1.807, 2.05) is 0 Å². The zero-order valence-electron chi connectivity index (χ0n) is 8.10. The summed E-state index contributed by atoms with van der Waals surface area (Å²) in [4.78, 5) is 12.9. The van der Waals surface area contributed by atoms with Gasteiger partial charge in [-0.25, -0.2) is 4.79 Å². The van der Waals surface area contributed by atoms with E-state index in [-0.39, 0.29) is 21.6 Å². The van der Waals surface area contributed by atoms with Crippen LogP contribution in [-0.4, -0.2) is 16.1 Å². The van der Waals surface area contributed by atoms with E-state index in [1.54, 1.807) is 0 Å². The van der Waals surface area contributed by atoms with Gasteiger partial charge in [-0.3, -0.25) is 0 Å². The normalized spacial score (nSPS) is 12.0. The molecule has 0 spiro atoms. The first-order chi connectivity index (χ1) is 7.80. The van der Waals surface area contributed by atoms with Gasteiger partial charge in [-0.2, -0.15) is 13.2 Å². The van der Waals surface area contributed by atoms with Gasteiger partial charge < -0.3 is 10.1 Å². The van der Waals surface area contributed by atoms with Gasteiger partial charge in [0.2, 0.25) is 0 Å². The van der Waals surface area contributed by atoms with Gasteiger partial charge in [0.25, 0.3) is 0 Å². The molecular formula is C10H5ClF3NO2. The molecule has 0 saturated heterocycles. The SMILES string of the molecule is O=C(O)c1cc2c(Cl)ccc(C(F)(F)F)c2[nH]1. The zero-order chi connectivity index (χ0) is 12.8. The summed E-state index contributed by atoms with van der Waals surface area (Å²) in [6, 6.07) is 2.98. The predicted molar refractivity (Wildman–Crippen MR) is 55.3 cm³/mol. The fourth-order valence-corrected chi connectivity index (χ4v) is 1.75. The molecule has 2 N–H and O–H groups in total. The number of alkyl halides is 3. The smallest absolute Gasteiger partial charge is 0.418 e. The van der Waals surface area contributed by atoms with Crippen LogP contribution in [0.1, 0.15) is 16.1 Å². The second-order valence-electron chi connectivity index (χ2n) is 3.37. The number of aromatic carboxylic acids is 1. The van der Waals surface area contributed by atoms with Crippen molar-refractivity contribution < 1.29 is 23.1 Å². The van der Waals surface area contributed by atoms with Crippen LogP contribution in [0.3, 0.4) is 0 Å². The Morgan fingerprint density at radius 1 is 1.35 bits per heavy atom. The lowest BCUT2D eigenvalue weighted by Crippen LogP contribution is -2.06. The number of rotatable bonds is 1. The lowest BCUT2D eigenvalue weighted by atomic mass is 10.1. The first kappa shape index (κ1) is 11.8. The number of hydrogen-bond acceptors (Lipinski definition) is 1. The van der Waals surface area contributed by atoms with E-state index < -0.39 is 17.7 Å². The number of halogens is 4. The Kier molecular flexibility index (Phi) is 2.54. The van der Waals surface area contributed by atoms with Crippen LogP contribution in [-0.2, 0) is 6.18 Å². The van der Waals surface area contributed by atoms with Crippen molar-refractivity contribution in [3.8, 4) is 0 Å². The van der Waals surface area contributed by atoms with E-state index in [9.17, 15) is 18.0 Å². The average molecular weight is 264 g/mol. The van der Waals surface area contributed by atoms with Crippen molar-refractivity contribution >= 4 is 28.5 Å². The van der Waals surface area contributed by atoms with Gasteiger partial charge in [0.1, 0.15) is 5.69 Å². The Balaban J connectivity index is 2.81. The molecule has 0 aliphatic carbocycles. The third kappa shape index (κ3) is 1.95. The second-order valence-corrected chi connectivity index (χ2v) is 3.78. The highest BCUT2D eigenvalue weighted by Crippen LogP contribution is 2.37. The van der Waals surface area contributed by atoms with Crippen molar-refractivity contribution in [2.45, 2.75) is 6.18 Å². The molecule has 2 aromatic rings. The van der Waals surface area contributed by atoms with E-state index in [1.165, 1.54) is 0 Å². The molecule has 0 amide bonds. The molecule has 0 aliphatic rings.